The van der Waals surface area contributed by atoms with Gasteiger partial charge < -0.3 is 15.0 Å². The van der Waals surface area contributed by atoms with E-state index < -0.39 is 0 Å². The smallest absolute Gasteiger partial charge is 0.268 e. The minimum atomic E-state index is -0.305. The third-order valence-electron chi connectivity index (χ3n) is 2.95. The average molecular weight is 336 g/mol. The largest absolute Gasteiger partial charge is 0.438 e. The molecule has 0 fully saturated rings. The topological polar surface area (TPSA) is 84.1 Å². The molecule has 1 aromatic carbocycles. The van der Waals surface area contributed by atoms with Crippen LogP contribution in [0.5, 0.6) is 11.6 Å². The molecule has 2 heterocycles. The SMILES string of the molecule is O=C1CCc2cc(Oc3nc[nH]c(=O)c3Br)ccc2N1. The minimum Gasteiger partial charge on any atom is -0.438 e. The van der Waals surface area contributed by atoms with Crippen molar-refractivity contribution in [1.29, 1.82) is 0 Å². The van der Waals surface area contributed by atoms with Gasteiger partial charge in [0.05, 0.1) is 6.33 Å². The maximum absolute atomic E-state index is 11.4. The standard InChI is InChI=1S/C13H10BrN3O3/c14-11-12(19)15-6-16-13(11)20-8-2-3-9-7(5-8)1-4-10(18)17-9/h2-3,5-6H,1,4H2,(H,17,18)(H,15,16,19). The Morgan fingerprint density at radius 2 is 2.10 bits per heavy atom. The summed E-state index contributed by atoms with van der Waals surface area (Å²) in [7, 11) is 0. The number of nitrogens with zero attached hydrogens (tertiary/aromatic N) is 1. The predicted octanol–water partition coefficient (Wildman–Crippen LogP) is 2.21. The summed E-state index contributed by atoms with van der Waals surface area (Å²) in [6, 6.07) is 5.34. The summed E-state index contributed by atoms with van der Waals surface area (Å²) in [5.74, 6) is 0.789. The van der Waals surface area contributed by atoms with Gasteiger partial charge in [0, 0.05) is 12.1 Å². The molecule has 2 N–H and O–H groups in total. The number of H-pyrrole nitrogens is 1. The van der Waals surface area contributed by atoms with E-state index in [1.54, 1.807) is 12.1 Å². The van der Waals surface area contributed by atoms with Crippen LogP contribution in [-0.4, -0.2) is 15.9 Å². The van der Waals surface area contributed by atoms with Gasteiger partial charge in [-0.1, -0.05) is 0 Å². The Hall–Kier alpha value is -2.15. The Morgan fingerprint density at radius 1 is 1.25 bits per heavy atom. The number of carbonyl (C=O) groups is 1. The number of aryl methyl sites for hydroxylation is 1. The van der Waals surface area contributed by atoms with Crippen LogP contribution in [0, 0.1) is 0 Å². The molecular weight excluding hydrogens is 326 g/mol. The van der Waals surface area contributed by atoms with Crippen LogP contribution in [-0.2, 0) is 11.2 Å². The van der Waals surface area contributed by atoms with Gasteiger partial charge >= 0.3 is 0 Å². The van der Waals surface area contributed by atoms with Crippen molar-refractivity contribution in [2.75, 3.05) is 5.32 Å². The number of nitrogens with one attached hydrogen (secondary N) is 2. The normalized spacial score (nSPS) is 13.6. The van der Waals surface area contributed by atoms with E-state index >= 15 is 0 Å². The molecule has 0 spiro atoms. The molecule has 0 saturated heterocycles. The zero-order valence-corrected chi connectivity index (χ0v) is 11.9. The van der Waals surface area contributed by atoms with E-state index in [0.29, 0.717) is 18.6 Å². The van der Waals surface area contributed by atoms with Crippen molar-refractivity contribution >= 4 is 27.5 Å². The highest BCUT2D eigenvalue weighted by molar-refractivity contribution is 9.10. The molecule has 1 amide bonds. The molecule has 3 rings (SSSR count). The third-order valence-corrected chi connectivity index (χ3v) is 3.65. The number of benzene rings is 1. The summed E-state index contributed by atoms with van der Waals surface area (Å²) in [4.78, 5) is 29.1. The zero-order chi connectivity index (χ0) is 14.1. The quantitative estimate of drug-likeness (QED) is 0.881. The number of hydrogen-bond donors (Lipinski definition) is 2. The maximum atomic E-state index is 11.4. The number of hydrogen-bond acceptors (Lipinski definition) is 4. The summed E-state index contributed by atoms with van der Waals surface area (Å²) in [5, 5.41) is 2.80. The van der Waals surface area contributed by atoms with E-state index in [1.165, 1.54) is 6.33 Å². The number of ether oxygens (including phenoxy) is 1. The van der Waals surface area contributed by atoms with Gasteiger partial charge in [-0.25, -0.2) is 4.98 Å². The first-order chi connectivity index (χ1) is 9.63. The van der Waals surface area contributed by atoms with Gasteiger partial charge in [0.15, 0.2) is 0 Å². The molecule has 0 radical (unpaired) electrons. The molecule has 1 aromatic heterocycles. The van der Waals surface area contributed by atoms with E-state index in [9.17, 15) is 9.59 Å². The lowest BCUT2D eigenvalue weighted by atomic mass is 10.0. The summed E-state index contributed by atoms with van der Waals surface area (Å²) in [5.41, 5.74) is 1.50. The minimum absolute atomic E-state index is 0.0187. The first-order valence-electron chi connectivity index (χ1n) is 5.97. The van der Waals surface area contributed by atoms with Gasteiger partial charge in [-0.3, -0.25) is 9.59 Å². The molecule has 0 atom stereocenters. The van der Waals surface area contributed by atoms with Crippen LogP contribution in [0.15, 0.2) is 33.8 Å². The Labute approximate surface area is 122 Å². The van der Waals surface area contributed by atoms with Crippen LogP contribution in [0.3, 0.4) is 0 Å². The van der Waals surface area contributed by atoms with Crippen LogP contribution in [0.25, 0.3) is 0 Å². The maximum Gasteiger partial charge on any atom is 0.268 e. The van der Waals surface area contributed by atoms with Crippen molar-refractivity contribution in [2.45, 2.75) is 12.8 Å². The van der Waals surface area contributed by atoms with E-state index in [1.807, 2.05) is 6.07 Å². The number of anilines is 1. The van der Waals surface area contributed by atoms with Crippen molar-refractivity contribution in [3.05, 3.63) is 44.9 Å². The summed E-state index contributed by atoms with van der Waals surface area (Å²) in [6.45, 7) is 0. The summed E-state index contributed by atoms with van der Waals surface area (Å²) in [6.07, 6.45) is 2.41. The second-order valence-electron chi connectivity index (χ2n) is 4.32. The van der Waals surface area contributed by atoms with Gasteiger partial charge in [0.25, 0.3) is 5.56 Å². The molecular formula is C13H10BrN3O3. The molecule has 6 nitrogen and oxygen atoms in total. The fourth-order valence-electron chi connectivity index (χ4n) is 1.97. The average Bonchev–Trinajstić information content (AvgIpc) is 2.44. The lowest BCUT2D eigenvalue weighted by Gasteiger charge is -2.17. The summed E-state index contributed by atoms with van der Waals surface area (Å²) >= 11 is 3.13. The highest BCUT2D eigenvalue weighted by Gasteiger charge is 2.16. The molecule has 1 aliphatic heterocycles. The Balaban J connectivity index is 1.90. The molecule has 0 aliphatic carbocycles. The van der Waals surface area contributed by atoms with Crippen molar-refractivity contribution < 1.29 is 9.53 Å². The number of fused-ring (bicyclic) bond motifs is 1. The van der Waals surface area contributed by atoms with Gasteiger partial charge in [-0.2, -0.15) is 0 Å². The van der Waals surface area contributed by atoms with Crippen LogP contribution >= 0.6 is 15.9 Å². The Morgan fingerprint density at radius 3 is 2.95 bits per heavy atom. The fourth-order valence-corrected chi connectivity index (χ4v) is 2.27. The van der Waals surface area contributed by atoms with Crippen LogP contribution in [0.1, 0.15) is 12.0 Å². The zero-order valence-electron chi connectivity index (χ0n) is 10.3. The van der Waals surface area contributed by atoms with E-state index in [0.717, 1.165) is 11.3 Å². The molecule has 1 aliphatic rings. The van der Waals surface area contributed by atoms with Gasteiger partial charge in [-0.15, -0.1) is 0 Å². The second kappa shape index (κ2) is 5.09. The fraction of sp³-hybridized carbons (Fsp3) is 0.154. The number of amides is 1. The van der Waals surface area contributed by atoms with Gasteiger partial charge in [0.2, 0.25) is 11.8 Å². The lowest BCUT2D eigenvalue weighted by Crippen LogP contribution is -2.18. The van der Waals surface area contributed by atoms with Crippen molar-refractivity contribution in [2.24, 2.45) is 0 Å². The first kappa shape index (κ1) is 12.9. The van der Waals surface area contributed by atoms with Crippen LogP contribution < -0.4 is 15.6 Å². The molecule has 102 valence electrons. The molecule has 0 unspecified atom stereocenters. The highest BCUT2D eigenvalue weighted by Crippen LogP contribution is 2.30. The number of halogens is 1. The van der Waals surface area contributed by atoms with E-state index in [2.05, 4.69) is 31.2 Å². The Kier molecular flexibility index (Phi) is 3.27. The number of carbonyl (C=O) groups excluding carboxylic acids is 1. The van der Waals surface area contributed by atoms with Gasteiger partial charge in [0.1, 0.15) is 10.2 Å². The second-order valence-corrected chi connectivity index (χ2v) is 5.11. The van der Waals surface area contributed by atoms with E-state index in [4.69, 9.17) is 4.74 Å². The highest BCUT2D eigenvalue weighted by atomic mass is 79.9. The monoisotopic (exact) mass is 335 g/mol. The molecule has 20 heavy (non-hydrogen) atoms. The number of rotatable bonds is 2. The molecule has 7 heteroatoms. The number of aromatic nitrogens is 2. The Bertz CT molecular complexity index is 742. The summed E-state index contributed by atoms with van der Waals surface area (Å²) < 4.78 is 5.83. The predicted molar refractivity (Wildman–Crippen MR) is 76.0 cm³/mol. The van der Waals surface area contributed by atoms with Crippen molar-refractivity contribution in [1.82, 2.24) is 9.97 Å². The first-order valence-corrected chi connectivity index (χ1v) is 6.76. The third kappa shape index (κ3) is 2.44. The van der Waals surface area contributed by atoms with Gasteiger partial charge in [-0.05, 0) is 46.1 Å². The van der Waals surface area contributed by atoms with Crippen LogP contribution in [0.4, 0.5) is 5.69 Å². The molecule has 0 bridgehead atoms. The molecule has 2 aromatic rings. The van der Waals surface area contributed by atoms with Crippen molar-refractivity contribution in [3.8, 4) is 11.6 Å². The van der Waals surface area contributed by atoms with E-state index in [-0.39, 0.29) is 21.8 Å². The number of aromatic amines is 1. The lowest BCUT2D eigenvalue weighted by molar-refractivity contribution is -0.116. The van der Waals surface area contributed by atoms with Crippen molar-refractivity contribution in [3.63, 3.8) is 0 Å². The molecule has 0 saturated carbocycles. The van der Waals surface area contributed by atoms with Crippen LogP contribution in [0.2, 0.25) is 0 Å².